The van der Waals surface area contributed by atoms with Crippen LogP contribution >= 0.6 is 34.8 Å². The lowest BCUT2D eigenvalue weighted by Crippen LogP contribution is -2.19. The smallest absolute Gasteiger partial charge is 0.275 e. The Bertz CT molecular complexity index is 807. The van der Waals surface area contributed by atoms with E-state index in [1.54, 1.807) is 6.92 Å². The second-order valence-corrected chi connectivity index (χ2v) is 5.86. The van der Waals surface area contributed by atoms with E-state index >= 15 is 0 Å². The van der Waals surface area contributed by atoms with Crippen molar-refractivity contribution in [3.8, 4) is 11.5 Å². The molecule has 2 aromatic rings. The van der Waals surface area contributed by atoms with Gasteiger partial charge in [0.1, 0.15) is 11.5 Å². The highest BCUT2D eigenvalue weighted by atomic mass is 35.5. The molecule has 3 N–H and O–H groups in total. The molecule has 0 aliphatic heterocycles. The molecule has 0 fully saturated rings. The molecule has 2 rings (SSSR count). The van der Waals surface area contributed by atoms with Crippen molar-refractivity contribution in [2.75, 3.05) is 0 Å². The summed E-state index contributed by atoms with van der Waals surface area (Å²) in [6.07, 6.45) is 0. The molecule has 0 heterocycles. The van der Waals surface area contributed by atoms with Gasteiger partial charge in [-0.2, -0.15) is 5.10 Å². The number of nitrogens with one attached hydrogen (secondary N) is 1. The van der Waals surface area contributed by atoms with Gasteiger partial charge in [0.2, 0.25) is 0 Å². The van der Waals surface area contributed by atoms with Crippen LogP contribution in [0.25, 0.3) is 0 Å². The zero-order chi connectivity index (χ0) is 17.1. The van der Waals surface area contributed by atoms with Crippen LogP contribution in [0.15, 0.2) is 35.4 Å². The van der Waals surface area contributed by atoms with Crippen LogP contribution in [0.4, 0.5) is 0 Å². The van der Waals surface area contributed by atoms with Gasteiger partial charge in [0, 0.05) is 15.6 Å². The van der Waals surface area contributed by atoms with Gasteiger partial charge in [-0.05, 0) is 37.3 Å². The van der Waals surface area contributed by atoms with Gasteiger partial charge in [-0.1, -0.05) is 34.8 Å². The van der Waals surface area contributed by atoms with Gasteiger partial charge < -0.3 is 10.2 Å². The third-order valence-corrected chi connectivity index (χ3v) is 3.69. The normalized spacial score (nSPS) is 11.4. The van der Waals surface area contributed by atoms with E-state index in [4.69, 9.17) is 34.8 Å². The first kappa shape index (κ1) is 17.4. The largest absolute Gasteiger partial charge is 0.507 e. The van der Waals surface area contributed by atoms with Crippen LogP contribution in [-0.2, 0) is 0 Å². The first-order valence-electron chi connectivity index (χ1n) is 6.31. The summed E-state index contributed by atoms with van der Waals surface area (Å²) < 4.78 is 0. The van der Waals surface area contributed by atoms with Gasteiger partial charge in [-0.15, -0.1) is 0 Å². The average Bonchev–Trinajstić information content (AvgIpc) is 2.48. The predicted octanol–water partition coefficient (Wildman–Crippen LogP) is 4.21. The Kier molecular flexibility index (Phi) is 5.36. The number of phenols is 2. The Labute approximate surface area is 147 Å². The fourth-order valence-corrected chi connectivity index (χ4v) is 2.45. The molecule has 2 aromatic carbocycles. The summed E-state index contributed by atoms with van der Waals surface area (Å²) >= 11 is 17.4. The molecule has 0 saturated carbocycles. The summed E-state index contributed by atoms with van der Waals surface area (Å²) in [5.74, 6) is -1.09. The van der Waals surface area contributed by atoms with E-state index in [0.29, 0.717) is 10.0 Å². The minimum absolute atomic E-state index is 0.0132. The van der Waals surface area contributed by atoms with Crippen LogP contribution in [0, 0.1) is 0 Å². The van der Waals surface area contributed by atoms with Gasteiger partial charge in [0.15, 0.2) is 0 Å². The highest BCUT2D eigenvalue weighted by Gasteiger charge is 2.13. The van der Waals surface area contributed by atoms with Crippen molar-refractivity contribution in [3.63, 3.8) is 0 Å². The predicted molar refractivity (Wildman–Crippen MR) is 90.9 cm³/mol. The molecule has 120 valence electrons. The van der Waals surface area contributed by atoms with Crippen LogP contribution in [0.2, 0.25) is 15.1 Å². The van der Waals surface area contributed by atoms with Gasteiger partial charge >= 0.3 is 0 Å². The summed E-state index contributed by atoms with van der Waals surface area (Å²) in [6.45, 7) is 1.56. The summed E-state index contributed by atoms with van der Waals surface area (Å²) in [6, 6.07) is 6.93. The molecule has 0 aromatic heterocycles. The number of aromatic hydroxyl groups is 2. The number of carbonyl (C=O) groups is 1. The molecule has 8 heteroatoms. The van der Waals surface area contributed by atoms with E-state index in [1.807, 2.05) is 0 Å². The second kappa shape index (κ2) is 7.08. The average molecular weight is 374 g/mol. The van der Waals surface area contributed by atoms with Crippen LogP contribution in [-0.4, -0.2) is 21.8 Å². The van der Waals surface area contributed by atoms with Gasteiger partial charge in [-0.25, -0.2) is 5.43 Å². The molecule has 0 aliphatic carbocycles. The molecular weight excluding hydrogens is 363 g/mol. The minimum Gasteiger partial charge on any atom is -0.507 e. The monoisotopic (exact) mass is 372 g/mol. The van der Waals surface area contributed by atoms with Crippen LogP contribution < -0.4 is 5.43 Å². The number of amides is 1. The Morgan fingerprint density at radius 3 is 2.39 bits per heavy atom. The third kappa shape index (κ3) is 4.07. The van der Waals surface area contributed by atoms with E-state index in [1.165, 1.54) is 30.3 Å². The maximum absolute atomic E-state index is 12.0. The highest BCUT2D eigenvalue weighted by Crippen LogP contribution is 2.31. The molecule has 1 amide bonds. The third-order valence-electron chi connectivity index (χ3n) is 2.95. The van der Waals surface area contributed by atoms with Gasteiger partial charge in [0.05, 0.1) is 16.3 Å². The van der Waals surface area contributed by atoms with Crippen LogP contribution in [0.5, 0.6) is 11.5 Å². The maximum atomic E-state index is 12.0. The fourth-order valence-electron chi connectivity index (χ4n) is 1.79. The van der Waals surface area contributed by atoms with E-state index < -0.39 is 5.91 Å². The lowest BCUT2D eigenvalue weighted by molar-refractivity contribution is 0.0952. The molecule has 0 saturated heterocycles. The molecule has 0 unspecified atom stereocenters. The van der Waals surface area contributed by atoms with Crippen molar-refractivity contribution in [2.24, 2.45) is 5.10 Å². The topological polar surface area (TPSA) is 81.9 Å². The van der Waals surface area contributed by atoms with Crippen LogP contribution in [0.3, 0.4) is 0 Å². The SMILES string of the molecule is C/C(=N\NC(=O)c1ccc(Cl)cc1O)c1cc(Cl)cc(Cl)c1O. The minimum atomic E-state index is -0.633. The van der Waals surface area contributed by atoms with Crippen molar-refractivity contribution < 1.29 is 15.0 Å². The molecule has 0 atom stereocenters. The van der Waals surface area contributed by atoms with Crippen LogP contribution in [0.1, 0.15) is 22.8 Å². The molecule has 23 heavy (non-hydrogen) atoms. The fraction of sp³-hybridized carbons (Fsp3) is 0.0667. The number of nitrogens with zero attached hydrogens (tertiary/aromatic N) is 1. The Morgan fingerprint density at radius 2 is 1.74 bits per heavy atom. The maximum Gasteiger partial charge on any atom is 0.275 e. The Morgan fingerprint density at radius 1 is 1.04 bits per heavy atom. The molecule has 0 radical (unpaired) electrons. The van der Waals surface area contributed by atoms with Crippen molar-refractivity contribution in [1.29, 1.82) is 0 Å². The summed E-state index contributed by atoms with van der Waals surface area (Å²) in [4.78, 5) is 12.0. The number of hydrogen-bond donors (Lipinski definition) is 3. The molecule has 0 bridgehead atoms. The standard InChI is InChI=1S/C15H11Cl3N2O3/c1-7(11-4-9(17)5-12(18)14(11)22)19-20-15(23)10-3-2-8(16)6-13(10)21/h2-6,21-22H,1H3,(H,20,23)/b19-7+. The molecule has 5 nitrogen and oxygen atoms in total. The van der Waals surface area contributed by atoms with Crippen molar-refractivity contribution in [3.05, 3.63) is 56.5 Å². The summed E-state index contributed by atoms with van der Waals surface area (Å²) in [5, 5.41) is 24.2. The van der Waals surface area contributed by atoms with E-state index in [9.17, 15) is 15.0 Å². The van der Waals surface area contributed by atoms with E-state index in [0.717, 1.165) is 0 Å². The first-order chi connectivity index (χ1) is 10.8. The summed E-state index contributed by atoms with van der Waals surface area (Å²) in [7, 11) is 0. The zero-order valence-electron chi connectivity index (χ0n) is 11.8. The number of halogens is 3. The van der Waals surface area contributed by atoms with Gasteiger partial charge in [0.25, 0.3) is 5.91 Å². The first-order valence-corrected chi connectivity index (χ1v) is 7.44. The molecule has 0 spiro atoms. The number of phenolic OH excluding ortho intramolecular Hbond substituents is 2. The quantitative estimate of drug-likeness (QED) is 0.557. The Balaban J connectivity index is 2.24. The van der Waals surface area contributed by atoms with Crippen molar-refractivity contribution in [1.82, 2.24) is 5.43 Å². The number of hydrogen-bond acceptors (Lipinski definition) is 4. The van der Waals surface area contributed by atoms with Gasteiger partial charge in [-0.3, -0.25) is 4.79 Å². The molecule has 0 aliphatic rings. The number of hydrazone groups is 1. The molecular formula is C15H11Cl3N2O3. The number of benzene rings is 2. The zero-order valence-corrected chi connectivity index (χ0v) is 14.0. The van der Waals surface area contributed by atoms with E-state index in [-0.39, 0.29) is 33.4 Å². The lowest BCUT2D eigenvalue weighted by Gasteiger charge is -2.08. The van der Waals surface area contributed by atoms with Crippen molar-refractivity contribution >= 4 is 46.4 Å². The van der Waals surface area contributed by atoms with E-state index in [2.05, 4.69) is 10.5 Å². The number of rotatable bonds is 3. The lowest BCUT2D eigenvalue weighted by atomic mass is 10.1. The highest BCUT2D eigenvalue weighted by molar-refractivity contribution is 6.36. The number of carbonyl (C=O) groups excluding carboxylic acids is 1. The summed E-state index contributed by atoms with van der Waals surface area (Å²) in [5.41, 5.74) is 2.85. The second-order valence-electron chi connectivity index (χ2n) is 4.58. The van der Waals surface area contributed by atoms with Crippen molar-refractivity contribution in [2.45, 2.75) is 6.92 Å². The Hall–Kier alpha value is -1.95.